The van der Waals surface area contributed by atoms with Gasteiger partial charge in [0.05, 0.1) is 19.0 Å². The van der Waals surface area contributed by atoms with E-state index in [1.165, 1.54) is 0 Å². The van der Waals surface area contributed by atoms with Gasteiger partial charge in [-0.25, -0.2) is 9.78 Å². The number of amides is 1. The van der Waals surface area contributed by atoms with Gasteiger partial charge in [0.25, 0.3) is 0 Å². The van der Waals surface area contributed by atoms with Gasteiger partial charge in [0.2, 0.25) is 5.95 Å². The minimum Gasteiger partial charge on any atom is -0.497 e. The summed E-state index contributed by atoms with van der Waals surface area (Å²) in [5.74, 6) is 1.70. The summed E-state index contributed by atoms with van der Waals surface area (Å²) < 4.78 is 12.2. The van der Waals surface area contributed by atoms with Crippen LogP contribution in [0.1, 0.15) is 40.0 Å². The van der Waals surface area contributed by atoms with Crippen molar-refractivity contribution in [3.05, 3.63) is 30.5 Å². The Balaban J connectivity index is 1.38. The van der Waals surface area contributed by atoms with Crippen LogP contribution in [0.4, 0.5) is 10.7 Å². The number of hydrogen-bond acceptors (Lipinski definition) is 8. The number of nitrogens with one attached hydrogen (secondary N) is 2. The van der Waals surface area contributed by atoms with Crippen LogP contribution in [-0.4, -0.2) is 56.4 Å². The van der Waals surface area contributed by atoms with E-state index in [0.29, 0.717) is 29.6 Å². The Bertz CT molecular complexity index is 1080. The van der Waals surface area contributed by atoms with E-state index in [0.717, 1.165) is 30.7 Å². The lowest BCUT2D eigenvalue weighted by Gasteiger charge is -2.20. The highest BCUT2D eigenvalue weighted by Crippen LogP contribution is 2.27. The average molecular weight is 440 g/mol. The van der Waals surface area contributed by atoms with Crippen LogP contribution in [0.3, 0.4) is 0 Å². The highest BCUT2D eigenvalue weighted by molar-refractivity contribution is 5.72. The first-order chi connectivity index (χ1) is 15.3. The second kappa shape index (κ2) is 8.97. The van der Waals surface area contributed by atoms with Gasteiger partial charge in [0.15, 0.2) is 11.2 Å². The zero-order chi connectivity index (χ0) is 22.7. The average Bonchev–Trinajstić information content (AvgIpc) is 3.38. The summed E-state index contributed by atoms with van der Waals surface area (Å²) in [7, 11) is 1.63. The van der Waals surface area contributed by atoms with E-state index in [1.54, 1.807) is 18.0 Å². The molecule has 1 aromatic carbocycles. The molecule has 170 valence electrons. The number of aromatic nitrogens is 5. The number of fused-ring (bicyclic) bond motifs is 1. The molecule has 1 aliphatic carbocycles. The highest BCUT2D eigenvalue weighted by Gasteiger charge is 2.26. The minimum absolute atomic E-state index is 0.239. The van der Waals surface area contributed by atoms with E-state index in [9.17, 15) is 4.79 Å². The van der Waals surface area contributed by atoms with Crippen molar-refractivity contribution in [2.45, 2.75) is 51.7 Å². The Kier molecular flexibility index (Phi) is 6.11. The molecule has 0 bridgehead atoms. The molecular formula is C22H29N7O3. The van der Waals surface area contributed by atoms with Crippen molar-refractivity contribution < 1.29 is 14.3 Å². The highest BCUT2D eigenvalue weighted by atomic mass is 16.6. The summed E-state index contributed by atoms with van der Waals surface area (Å²) in [6.07, 6.45) is 4.22. The molecule has 10 heteroatoms. The van der Waals surface area contributed by atoms with Crippen LogP contribution in [-0.2, 0) is 4.74 Å². The number of alkyl carbamates (subject to hydrolysis) is 1. The molecule has 0 saturated heterocycles. The fourth-order valence-corrected chi connectivity index (χ4v) is 3.81. The lowest BCUT2D eigenvalue weighted by atomic mass is 10.1. The van der Waals surface area contributed by atoms with Crippen LogP contribution in [0.15, 0.2) is 30.5 Å². The smallest absolute Gasteiger partial charge is 0.407 e. The second-order valence-electron chi connectivity index (χ2n) is 9.00. The van der Waals surface area contributed by atoms with Gasteiger partial charge in [-0.15, -0.1) is 5.10 Å². The minimum atomic E-state index is -0.493. The third-order valence-electron chi connectivity index (χ3n) is 5.32. The molecule has 2 atom stereocenters. The molecule has 32 heavy (non-hydrogen) atoms. The Morgan fingerprint density at radius 2 is 2.00 bits per heavy atom. The van der Waals surface area contributed by atoms with Crippen molar-refractivity contribution in [3.63, 3.8) is 0 Å². The summed E-state index contributed by atoms with van der Waals surface area (Å²) in [4.78, 5) is 20.9. The zero-order valence-corrected chi connectivity index (χ0v) is 18.8. The largest absolute Gasteiger partial charge is 0.497 e. The number of ether oxygens (including phenoxy) is 2. The molecule has 2 heterocycles. The van der Waals surface area contributed by atoms with Crippen LogP contribution >= 0.6 is 0 Å². The molecule has 0 radical (unpaired) electrons. The van der Waals surface area contributed by atoms with Crippen molar-refractivity contribution >= 4 is 23.2 Å². The van der Waals surface area contributed by atoms with Gasteiger partial charge < -0.3 is 20.1 Å². The molecule has 0 aliphatic heterocycles. The Morgan fingerprint density at radius 1 is 1.22 bits per heavy atom. The monoisotopic (exact) mass is 439 g/mol. The third kappa shape index (κ3) is 5.24. The number of carbonyl (C=O) groups excluding carboxylic acids is 1. The molecule has 3 aromatic rings. The van der Waals surface area contributed by atoms with Gasteiger partial charge in [-0.1, -0.05) is 5.21 Å². The molecule has 2 aromatic heterocycles. The molecule has 1 unspecified atom stereocenters. The van der Waals surface area contributed by atoms with Crippen molar-refractivity contribution in [2.75, 3.05) is 19.0 Å². The predicted molar refractivity (Wildman–Crippen MR) is 120 cm³/mol. The van der Waals surface area contributed by atoms with Gasteiger partial charge in [-0.05, 0) is 70.2 Å². The van der Waals surface area contributed by atoms with Crippen LogP contribution < -0.4 is 15.4 Å². The Hall–Kier alpha value is -3.43. The van der Waals surface area contributed by atoms with E-state index in [4.69, 9.17) is 9.47 Å². The first kappa shape index (κ1) is 21.8. The Labute approximate surface area is 186 Å². The van der Waals surface area contributed by atoms with E-state index in [-0.39, 0.29) is 12.1 Å². The van der Waals surface area contributed by atoms with Gasteiger partial charge in [0, 0.05) is 12.6 Å². The first-order valence-corrected chi connectivity index (χ1v) is 10.8. The zero-order valence-electron chi connectivity index (χ0n) is 18.8. The normalized spacial score (nSPS) is 18.5. The van der Waals surface area contributed by atoms with Crippen LogP contribution in [0.5, 0.6) is 5.75 Å². The number of hydrogen-bond donors (Lipinski definition) is 2. The molecule has 1 saturated carbocycles. The van der Waals surface area contributed by atoms with Crippen molar-refractivity contribution in [1.82, 2.24) is 30.3 Å². The SMILES string of the molecule is COc1ccc(-n2nnc3cnc(NC4CC[C@H](CNC(=O)OC(C)(C)C)C4)nc32)cc1. The predicted octanol–water partition coefficient (Wildman–Crippen LogP) is 3.32. The maximum Gasteiger partial charge on any atom is 0.407 e. The molecular weight excluding hydrogens is 410 g/mol. The fourth-order valence-electron chi connectivity index (χ4n) is 3.81. The molecule has 0 spiro atoms. The van der Waals surface area contributed by atoms with Crippen molar-refractivity contribution in [2.24, 2.45) is 5.92 Å². The molecule has 2 N–H and O–H groups in total. The maximum absolute atomic E-state index is 11.9. The van der Waals surface area contributed by atoms with Gasteiger partial charge in [-0.2, -0.15) is 9.67 Å². The standard InChI is InChI=1S/C22H29N7O3/c1-22(2,3)32-21(30)24-12-14-5-6-15(11-14)25-20-23-13-18-19(26-20)29(28-27-18)16-7-9-17(31-4)10-8-16/h7-10,13-15H,5-6,11-12H2,1-4H3,(H,24,30)(H,23,25,26)/t14-,15?/m0/s1. The summed E-state index contributed by atoms with van der Waals surface area (Å²) >= 11 is 0. The molecule has 4 rings (SSSR count). The molecule has 10 nitrogen and oxygen atoms in total. The van der Waals surface area contributed by atoms with E-state index in [1.807, 2.05) is 45.0 Å². The van der Waals surface area contributed by atoms with Gasteiger partial charge in [-0.3, -0.25) is 0 Å². The Morgan fingerprint density at radius 3 is 2.72 bits per heavy atom. The number of benzene rings is 1. The van der Waals surface area contributed by atoms with Gasteiger partial charge >= 0.3 is 6.09 Å². The fraction of sp³-hybridized carbons (Fsp3) is 0.500. The quantitative estimate of drug-likeness (QED) is 0.601. The second-order valence-corrected chi connectivity index (χ2v) is 9.00. The summed E-state index contributed by atoms with van der Waals surface area (Å²) in [6.45, 7) is 6.17. The number of rotatable bonds is 6. The number of nitrogens with zero attached hydrogens (tertiary/aromatic N) is 5. The summed E-state index contributed by atoms with van der Waals surface area (Å²) in [6, 6.07) is 7.78. The van der Waals surface area contributed by atoms with E-state index < -0.39 is 5.60 Å². The first-order valence-electron chi connectivity index (χ1n) is 10.8. The van der Waals surface area contributed by atoms with E-state index >= 15 is 0 Å². The molecule has 1 aliphatic rings. The van der Waals surface area contributed by atoms with Gasteiger partial charge in [0.1, 0.15) is 11.4 Å². The third-order valence-corrected chi connectivity index (χ3v) is 5.32. The van der Waals surface area contributed by atoms with E-state index in [2.05, 4.69) is 30.9 Å². The van der Waals surface area contributed by atoms with Crippen molar-refractivity contribution in [3.8, 4) is 11.4 Å². The number of carbonyl (C=O) groups is 1. The molecule has 1 fully saturated rings. The number of anilines is 1. The lowest BCUT2D eigenvalue weighted by Crippen LogP contribution is -2.35. The molecule has 1 amide bonds. The topological polar surface area (TPSA) is 116 Å². The van der Waals surface area contributed by atoms with Crippen molar-refractivity contribution in [1.29, 1.82) is 0 Å². The van der Waals surface area contributed by atoms with Crippen LogP contribution in [0.25, 0.3) is 16.9 Å². The van der Waals surface area contributed by atoms with Crippen LogP contribution in [0, 0.1) is 5.92 Å². The summed E-state index contributed by atoms with van der Waals surface area (Å²) in [5, 5.41) is 14.7. The lowest BCUT2D eigenvalue weighted by molar-refractivity contribution is 0.0519. The summed E-state index contributed by atoms with van der Waals surface area (Å²) in [5.41, 5.74) is 1.60. The number of methoxy groups -OCH3 is 1. The maximum atomic E-state index is 11.9. The van der Waals surface area contributed by atoms with Crippen LogP contribution in [0.2, 0.25) is 0 Å².